The summed E-state index contributed by atoms with van der Waals surface area (Å²) < 4.78 is 32.8. The Hall–Kier alpha value is -3.91. The van der Waals surface area contributed by atoms with Crippen molar-refractivity contribution in [1.82, 2.24) is 4.98 Å². The van der Waals surface area contributed by atoms with Gasteiger partial charge in [-0.1, -0.05) is 23.8 Å². The number of pyridine rings is 1. The zero-order valence-corrected chi connectivity index (χ0v) is 19.6. The third-order valence-electron chi connectivity index (χ3n) is 5.97. The Kier molecular flexibility index (Phi) is 5.25. The number of benzene rings is 3. The summed E-state index contributed by atoms with van der Waals surface area (Å²) in [5.74, 6) is 0.118. The summed E-state index contributed by atoms with van der Waals surface area (Å²) in [7, 11) is -3.86. The van der Waals surface area contributed by atoms with Gasteiger partial charge < -0.3 is 15.8 Å². The Balaban J connectivity index is 1.75. The van der Waals surface area contributed by atoms with E-state index >= 15 is 0 Å². The van der Waals surface area contributed by atoms with Gasteiger partial charge in [-0.3, -0.25) is 9.78 Å². The molecule has 0 saturated heterocycles. The third kappa shape index (κ3) is 3.66. The molecule has 172 valence electrons. The Bertz CT molecular complexity index is 1560. The van der Waals surface area contributed by atoms with Crippen molar-refractivity contribution in [2.75, 3.05) is 11.9 Å². The number of sulfone groups is 1. The van der Waals surface area contributed by atoms with Crippen LogP contribution >= 0.6 is 0 Å². The average molecular weight is 474 g/mol. The van der Waals surface area contributed by atoms with Gasteiger partial charge >= 0.3 is 0 Å². The van der Waals surface area contributed by atoms with Crippen molar-refractivity contribution < 1.29 is 17.9 Å². The van der Waals surface area contributed by atoms with E-state index in [0.29, 0.717) is 23.2 Å². The molecule has 0 unspecified atom stereocenters. The van der Waals surface area contributed by atoms with Crippen LogP contribution in [0.5, 0.6) is 5.75 Å². The number of nitrogens with two attached hydrogens (primary N) is 1. The van der Waals surface area contributed by atoms with Gasteiger partial charge in [0.05, 0.1) is 33.2 Å². The zero-order chi connectivity index (χ0) is 24.0. The number of amides is 1. The highest BCUT2D eigenvalue weighted by Gasteiger charge is 2.25. The van der Waals surface area contributed by atoms with Crippen molar-refractivity contribution >= 4 is 38.0 Å². The minimum Gasteiger partial charge on any atom is -0.493 e. The SMILES string of the molecule is Cc1ccc(S(=O)(=O)c2cc(C)cc3c(Nc4cccc5c4CCO5)c(C(N)=O)cnc23)cc1. The highest BCUT2D eigenvalue weighted by atomic mass is 32.2. The predicted molar refractivity (Wildman–Crippen MR) is 131 cm³/mol. The maximum atomic E-state index is 13.6. The molecule has 0 saturated carbocycles. The fraction of sp³-hybridized carbons (Fsp3) is 0.154. The molecule has 5 rings (SSSR count). The molecular formula is C26H23N3O4S. The lowest BCUT2D eigenvalue weighted by atomic mass is 10.0. The monoisotopic (exact) mass is 473 g/mol. The van der Waals surface area contributed by atoms with E-state index in [0.717, 1.165) is 29.0 Å². The first-order chi connectivity index (χ1) is 16.3. The smallest absolute Gasteiger partial charge is 0.252 e. The predicted octanol–water partition coefficient (Wildman–Crippen LogP) is 4.46. The highest BCUT2D eigenvalue weighted by molar-refractivity contribution is 7.91. The number of carbonyl (C=O) groups excluding carboxylic acids is 1. The van der Waals surface area contributed by atoms with E-state index in [2.05, 4.69) is 10.3 Å². The second-order valence-corrected chi connectivity index (χ2v) is 10.3. The molecule has 2 heterocycles. The van der Waals surface area contributed by atoms with Crippen LogP contribution < -0.4 is 15.8 Å². The van der Waals surface area contributed by atoms with Crippen LogP contribution in [0.1, 0.15) is 27.0 Å². The molecule has 1 aromatic heterocycles. The van der Waals surface area contributed by atoms with Crippen LogP contribution in [0, 0.1) is 13.8 Å². The van der Waals surface area contributed by atoms with E-state index in [-0.39, 0.29) is 20.9 Å². The maximum absolute atomic E-state index is 13.6. The number of aromatic nitrogens is 1. The molecule has 1 aliphatic heterocycles. The van der Waals surface area contributed by atoms with E-state index in [1.807, 2.05) is 38.1 Å². The lowest BCUT2D eigenvalue weighted by Gasteiger charge is -2.17. The maximum Gasteiger partial charge on any atom is 0.252 e. The number of aryl methyl sites for hydroxylation is 2. The van der Waals surface area contributed by atoms with Crippen LogP contribution in [0.2, 0.25) is 0 Å². The molecule has 8 heteroatoms. The number of rotatable bonds is 5. The summed E-state index contributed by atoms with van der Waals surface area (Å²) in [4.78, 5) is 16.9. The number of nitrogens with one attached hydrogen (secondary N) is 1. The van der Waals surface area contributed by atoms with Crippen LogP contribution in [0.4, 0.5) is 11.4 Å². The molecule has 1 amide bonds. The van der Waals surface area contributed by atoms with Crippen LogP contribution in [0.25, 0.3) is 10.9 Å². The van der Waals surface area contributed by atoms with Crippen LogP contribution in [-0.2, 0) is 16.3 Å². The fourth-order valence-electron chi connectivity index (χ4n) is 4.25. The molecule has 0 radical (unpaired) electrons. The van der Waals surface area contributed by atoms with E-state index in [9.17, 15) is 13.2 Å². The second kappa shape index (κ2) is 8.14. The lowest BCUT2D eigenvalue weighted by Crippen LogP contribution is -2.15. The Morgan fingerprint density at radius 1 is 1.06 bits per heavy atom. The van der Waals surface area contributed by atoms with Crippen molar-refractivity contribution in [3.05, 3.63) is 83.0 Å². The van der Waals surface area contributed by atoms with Gasteiger partial charge in [0.15, 0.2) is 0 Å². The average Bonchev–Trinajstić information content (AvgIpc) is 3.29. The van der Waals surface area contributed by atoms with Crippen LogP contribution in [0.3, 0.4) is 0 Å². The fourth-order valence-corrected chi connectivity index (χ4v) is 5.76. The van der Waals surface area contributed by atoms with Gasteiger partial charge in [-0.2, -0.15) is 0 Å². The van der Waals surface area contributed by atoms with Crippen LogP contribution in [-0.4, -0.2) is 25.9 Å². The normalized spacial score (nSPS) is 12.9. The van der Waals surface area contributed by atoms with Gasteiger partial charge in [0, 0.05) is 29.3 Å². The third-order valence-corrected chi connectivity index (χ3v) is 7.75. The zero-order valence-electron chi connectivity index (χ0n) is 18.8. The van der Waals surface area contributed by atoms with Gasteiger partial charge in [-0.05, 0) is 55.8 Å². The van der Waals surface area contributed by atoms with Gasteiger partial charge in [0.1, 0.15) is 5.75 Å². The van der Waals surface area contributed by atoms with Gasteiger partial charge in [-0.15, -0.1) is 0 Å². The molecule has 34 heavy (non-hydrogen) atoms. The molecule has 3 aromatic carbocycles. The minimum absolute atomic E-state index is 0.0760. The molecule has 3 N–H and O–H groups in total. The number of ether oxygens (including phenoxy) is 1. The summed E-state index contributed by atoms with van der Waals surface area (Å²) >= 11 is 0. The minimum atomic E-state index is -3.86. The molecular weight excluding hydrogens is 450 g/mol. The van der Waals surface area contributed by atoms with Crippen molar-refractivity contribution in [2.24, 2.45) is 5.73 Å². The number of hydrogen-bond acceptors (Lipinski definition) is 6. The first kappa shape index (κ1) is 21.9. The number of primary amides is 1. The molecule has 4 aromatic rings. The molecule has 7 nitrogen and oxygen atoms in total. The number of carbonyl (C=O) groups is 1. The van der Waals surface area contributed by atoms with Crippen LogP contribution in [0.15, 0.2) is 70.6 Å². The Morgan fingerprint density at radius 2 is 1.82 bits per heavy atom. The van der Waals surface area contributed by atoms with E-state index < -0.39 is 15.7 Å². The van der Waals surface area contributed by atoms with Gasteiger partial charge in [-0.25, -0.2) is 8.42 Å². The molecule has 1 aliphatic rings. The van der Waals surface area contributed by atoms with Crippen molar-refractivity contribution in [2.45, 2.75) is 30.1 Å². The molecule has 0 atom stereocenters. The molecule has 0 aliphatic carbocycles. The summed E-state index contributed by atoms with van der Waals surface area (Å²) in [5, 5.41) is 3.83. The molecule has 0 spiro atoms. The summed E-state index contributed by atoms with van der Waals surface area (Å²) in [6.45, 7) is 4.28. The molecule has 0 bridgehead atoms. The van der Waals surface area contributed by atoms with Crippen molar-refractivity contribution in [3.63, 3.8) is 0 Å². The number of anilines is 2. The first-order valence-electron chi connectivity index (χ1n) is 10.8. The number of fused-ring (bicyclic) bond motifs is 2. The van der Waals surface area contributed by atoms with Crippen molar-refractivity contribution in [1.29, 1.82) is 0 Å². The number of hydrogen-bond donors (Lipinski definition) is 2. The largest absolute Gasteiger partial charge is 0.493 e. The summed E-state index contributed by atoms with van der Waals surface area (Å²) in [6, 6.07) is 15.7. The topological polar surface area (TPSA) is 111 Å². The second-order valence-electron chi connectivity index (χ2n) is 8.39. The summed E-state index contributed by atoms with van der Waals surface area (Å²) in [6.07, 6.45) is 2.05. The van der Waals surface area contributed by atoms with Gasteiger partial charge in [0.2, 0.25) is 9.84 Å². The Labute approximate surface area is 197 Å². The van der Waals surface area contributed by atoms with Gasteiger partial charge in [0.25, 0.3) is 5.91 Å². The van der Waals surface area contributed by atoms with E-state index in [4.69, 9.17) is 10.5 Å². The Morgan fingerprint density at radius 3 is 2.56 bits per heavy atom. The first-order valence-corrected chi connectivity index (χ1v) is 12.3. The van der Waals surface area contributed by atoms with Crippen molar-refractivity contribution in [3.8, 4) is 5.75 Å². The standard InChI is InChI=1S/C26H23N3O4S/c1-15-6-8-17(9-7-15)34(31,32)23-13-16(2)12-19-24(20(26(27)30)14-28-25(19)23)29-21-4-3-5-22-18(21)10-11-33-22/h3-9,12-14H,10-11H2,1-2H3,(H2,27,30)(H,28,29). The number of nitrogens with zero attached hydrogens (tertiary/aromatic N) is 1. The van der Waals surface area contributed by atoms with E-state index in [1.54, 1.807) is 30.3 Å². The van der Waals surface area contributed by atoms with E-state index in [1.165, 1.54) is 6.20 Å². The lowest BCUT2D eigenvalue weighted by molar-refractivity contribution is 0.100. The summed E-state index contributed by atoms with van der Waals surface area (Å²) in [5.41, 5.74) is 9.97. The quantitative estimate of drug-likeness (QED) is 0.443. The molecule has 0 fully saturated rings. The highest BCUT2D eigenvalue weighted by Crippen LogP contribution is 2.38.